The Morgan fingerprint density at radius 1 is 1.14 bits per heavy atom. The fraction of sp³-hybridized carbons (Fsp3) is 0.0625. The van der Waals surface area contributed by atoms with Gasteiger partial charge >= 0.3 is 0 Å². The number of carbonyl (C=O) groups excluding carboxylic acids is 1. The minimum atomic E-state index is -0.284. The van der Waals surface area contributed by atoms with Crippen LogP contribution >= 0.6 is 0 Å². The molecule has 104 valence electrons. The lowest BCUT2D eigenvalue weighted by Gasteiger charge is -2.04. The summed E-state index contributed by atoms with van der Waals surface area (Å²) in [7, 11) is 0. The molecule has 0 radical (unpaired) electrons. The van der Waals surface area contributed by atoms with E-state index in [1.165, 1.54) is 6.20 Å². The number of hydrogen-bond acceptors (Lipinski definition) is 4. The Kier molecular flexibility index (Phi) is 3.47. The number of anilines is 1. The third kappa shape index (κ3) is 2.81. The highest BCUT2D eigenvalue weighted by molar-refractivity contribution is 6.04. The average Bonchev–Trinajstić information content (AvgIpc) is 2.97. The van der Waals surface area contributed by atoms with Crippen molar-refractivity contribution >= 4 is 11.8 Å². The van der Waals surface area contributed by atoms with Gasteiger partial charge < -0.3 is 4.52 Å². The summed E-state index contributed by atoms with van der Waals surface area (Å²) in [6.45, 7) is 2.02. The monoisotopic (exact) mass is 279 g/mol. The topological polar surface area (TPSA) is 68.0 Å². The summed E-state index contributed by atoms with van der Waals surface area (Å²) in [6, 6.07) is 11.3. The van der Waals surface area contributed by atoms with Crippen LogP contribution in [0, 0.1) is 6.92 Å². The number of pyridine rings is 1. The highest BCUT2D eigenvalue weighted by atomic mass is 16.5. The number of rotatable bonds is 3. The molecule has 0 aliphatic carbocycles. The molecule has 0 fully saturated rings. The summed E-state index contributed by atoms with van der Waals surface area (Å²) in [4.78, 5) is 16.0. The van der Waals surface area contributed by atoms with Gasteiger partial charge in [0, 0.05) is 12.4 Å². The zero-order chi connectivity index (χ0) is 14.7. The van der Waals surface area contributed by atoms with Gasteiger partial charge in [0.1, 0.15) is 0 Å². The van der Waals surface area contributed by atoms with Gasteiger partial charge in [0.05, 0.1) is 17.3 Å². The maximum absolute atomic E-state index is 12.1. The second kappa shape index (κ2) is 5.58. The Hall–Kier alpha value is -2.95. The van der Waals surface area contributed by atoms with Crippen molar-refractivity contribution in [2.24, 2.45) is 0 Å². The molecule has 0 bridgehead atoms. The number of benzene rings is 1. The summed E-state index contributed by atoms with van der Waals surface area (Å²) in [5, 5.41) is 6.47. The molecule has 1 N–H and O–H groups in total. The Bertz CT molecular complexity index is 749. The van der Waals surface area contributed by atoms with E-state index in [0.717, 1.165) is 16.7 Å². The van der Waals surface area contributed by atoms with Crippen LogP contribution in [-0.4, -0.2) is 16.0 Å². The largest absolute Gasteiger partial charge is 0.338 e. The van der Waals surface area contributed by atoms with E-state index in [4.69, 9.17) is 4.52 Å². The number of hydrogen-bond donors (Lipinski definition) is 1. The Labute approximate surface area is 121 Å². The molecule has 0 saturated carbocycles. The molecule has 21 heavy (non-hydrogen) atoms. The van der Waals surface area contributed by atoms with Crippen molar-refractivity contribution in [1.29, 1.82) is 0 Å². The van der Waals surface area contributed by atoms with Crippen molar-refractivity contribution < 1.29 is 9.32 Å². The molecule has 5 heteroatoms. The average molecular weight is 279 g/mol. The van der Waals surface area contributed by atoms with Crippen LogP contribution < -0.4 is 5.32 Å². The van der Waals surface area contributed by atoms with Crippen LogP contribution in [0.5, 0.6) is 0 Å². The van der Waals surface area contributed by atoms with Crippen LogP contribution in [0.15, 0.2) is 59.5 Å². The van der Waals surface area contributed by atoms with Crippen molar-refractivity contribution in [3.05, 3.63) is 66.1 Å². The van der Waals surface area contributed by atoms with E-state index >= 15 is 0 Å². The summed E-state index contributed by atoms with van der Waals surface area (Å²) in [5.41, 5.74) is 3.30. The SMILES string of the molecule is Cc1ccc(-c2cnoc2NC(=O)c2cccnc2)cc1. The van der Waals surface area contributed by atoms with Crippen LogP contribution in [-0.2, 0) is 0 Å². The number of aryl methyl sites for hydroxylation is 1. The minimum Gasteiger partial charge on any atom is -0.338 e. The molecule has 3 rings (SSSR count). The van der Waals surface area contributed by atoms with E-state index in [-0.39, 0.29) is 5.91 Å². The fourth-order valence-electron chi connectivity index (χ4n) is 1.94. The molecule has 0 spiro atoms. The quantitative estimate of drug-likeness (QED) is 0.798. The standard InChI is InChI=1S/C16H13N3O2/c1-11-4-6-12(7-5-11)14-10-18-21-16(14)19-15(20)13-3-2-8-17-9-13/h2-10H,1H3,(H,19,20). The van der Waals surface area contributed by atoms with Gasteiger partial charge in [-0.15, -0.1) is 0 Å². The van der Waals surface area contributed by atoms with Gasteiger partial charge in [-0.3, -0.25) is 15.1 Å². The van der Waals surface area contributed by atoms with Gasteiger partial charge in [0.15, 0.2) is 0 Å². The number of aromatic nitrogens is 2. The second-order valence-corrected chi connectivity index (χ2v) is 4.63. The molecule has 2 heterocycles. The second-order valence-electron chi connectivity index (χ2n) is 4.63. The molecule has 2 aromatic heterocycles. The Balaban J connectivity index is 1.86. The molecule has 1 aromatic carbocycles. The van der Waals surface area contributed by atoms with Gasteiger partial charge in [-0.1, -0.05) is 35.0 Å². The van der Waals surface area contributed by atoms with E-state index in [1.807, 2.05) is 31.2 Å². The number of nitrogens with one attached hydrogen (secondary N) is 1. The third-order valence-electron chi connectivity index (χ3n) is 3.08. The zero-order valence-electron chi connectivity index (χ0n) is 11.4. The maximum atomic E-state index is 12.1. The summed E-state index contributed by atoms with van der Waals surface area (Å²) < 4.78 is 5.14. The molecular weight excluding hydrogens is 266 g/mol. The highest BCUT2D eigenvalue weighted by Crippen LogP contribution is 2.28. The van der Waals surface area contributed by atoms with Gasteiger partial charge in [-0.05, 0) is 24.6 Å². The first-order valence-electron chi connectivity index (χ1n) is 6.47. The molecule has 0 aliphatic heterocycles. The van der Waals surface area contributed by atoms with Crippen molar-refractivity contribution in [1.82, 2.24) is 10.1 Å². The smallest absolute Gasteiger partial charge is 0.259 e. The Morgan fingerprint density at radius 2 is 1.95 bits per heavy atom. The van der Waals surface area contributed by atoms with E-state index in [2.05, 4.69) is 15.5 Å². The lowest BCUT2D eigenvalue weighted by molar-refractivity contribution is 0.102. The zero-order valence-corrected chi connectivity index (χ0v) is 11.4. The fourth-order valence-corrected chi connectivity index (χ4v) is 1.94. The highest BCUT2D eigenvalue weighted by Gasteiger charge is 2.14. The van der Waals surface area contributed by atoms with Crippen LogP contribution in [0.1, 0.15) is 15.9 Å². The van der Waals surface area contributed by atoms with Crippen molar-refractivity contribution in [2.75, 3.05) is 5.32 Å². The molecule has 1 amide bonds. The Morgan fingerprint density at radius 3 is 2.67 bits per heavy atom. The molecule has 3 aromatic rings. The normalized spacial score (nSPS) is 10.3. The van der Waals surface area contributed by atoms with Gasteiger partial charge in [-0.2, -0.15) is 0 Å². The first-order chi connectivity index (χ1) is 10.2. The summed E-state index contributed by atoms with van der Waals surface area (Å²) >= 11 is 0. The molecule has 0 atom stereocenters. The van der Waals surface area contributed by atoms with Crippen LogP contribution in [0.25, 0.3) is 11.1 Å². The predicted octanol–water partition coefficient (Wildman–Crippen LogP) is 3.30. The molecule has 5 nitrogen and oxygen atoms in total. The van der Waals surface area contributed by atoms with E-state index in [1.54, 1.807) is 24.5 Å². The predicted molar refractivity (Wildman–Crippen MR) is 78.9 cm³/mol. The first kappa shape index (κ1) is 13.1. The van der Waals surface area contributed by atoms with Crippen LogP contribution in [0.4, 0.5) is 5.88 Å². The molecule has 0 aliphatic rings. The lowest BCUT2D eigenvalue weighted by atomic mass is 10.1. The number of nitrogens with zero attached hydrogens (tertiary/aromatic N) is 2. The van der Waals surface area contributed by atoms with Gasteiger partial charge in [0.25, 0.3) is 5.91 Å². The summed E-state index contributed by atoms with van der Waals surface area (Å²) in [5.74, 6) is 0.0425. The van der Waals surface area contributed by atoms with Crippen molar-refractivity contribution in [3.8, 4) is 11.1 Å². The minimum absolute atomic E-state index is 0.284. The summed E-state index contributed by atoms with van der Waals surface area (Å²) in [6.07, 6.45) is 4.70. The molecule has 0 saturated heterocycles. The number of carbonyl (C=O) groups is 1. The maximum Gasteiger partial charge on any atom is 0.259 e. The first-order valence-corrected chi connectivity index (χ1v) is 6.47. The third-order valence-corrected chi connectivity index (χ3v) is 3.08. The lowest BCUT2D eigenvalue weighted by Crippen LogP contribution is -2.12. The van der Waals surface area contributed by atoms with Crippen molar-refractivity contribution in [3.63, 3.8) is 0 Å². The van der Waals surface area contributed by atoms with Crippen molar-refractivity contribution in [2.45, 2.75) is 6.92 Å². The van der Waals surface area contributed by atoms with Gasteiger partial charge in [0.2, 0.25) is 5.88 Å². The van der Waals surface area contributed by atoms with E-state index < -0.39 is 0 Å². The number of amides is 1. The van der Waals surface area contributed by atoms with E-state index in [9.17, 15) is 4.79 Å². The molecular formula is C16H13N3O2. The van der Waals surface area contributed by atoms with Crippen LogP contribution in [0.2, 0.25) is 0 Å². The van der Waals surface area contributed by atoms with E-state index in [0.29, 0.717) is 11.4 Å². The van der Waals surface area contributed by atoms with Gasteiger partial charge in [-0.25, -0.2) is 0 Å². The van der Waals surface area contributed by atoms with Crippen LogP contribution in [0.3, 0.4) is 0 Å². The molecule has 0 unspecified atom stereocenters.